The van der Waals surface area contributed by atoms with Crippen molar-refractivity contribution in [3.63, 3.8) is 0 Å². The second kappa shape index (κ2) is 8.96. The average molecular weight is 369 g/mol. The van der Waals surface area contributed by atoms with Crippen LogP contribution in [0.1, 0.15) is 11.1 Å². The summed E-state index contributed by atoms with van der Waals surface area (Å²) < 4.78 is 9.99. The molecular formula is C18H15N3O6. The first kappa shape index (κ1) is 19.4. The Balaban J connectivity index is 1.81. The van der Waals surface area contributed by atoms with E-state index in [0.717, 1.165) is 0 Å². The van der Waals surface area contributed by atoms with Crippen LogP contribution in [0.2, 0.25) is 0 Å². The largest absolute Gasteiger partial charge is 0.482 e. The molecule has 0 atom stereocenters. The number of nitrogens with zero attached hydrogens (tertiary/aromatic N) is 2. The molecule has 0 aromatic heterocycles. The van der Waals surface area contributed by atoms with Crippen LogP contribution in [0.5, 0.6) is 5.75 Å². The quantitative estimate of drug-likeness (QED) is 0.450. The third-order valence-corrected chi connectivity index (χ3v) is 3.48. The molecule has 0 saturated carbocycles. The van der Waals surface area contributed by atoms with Crippen LogP contribution in [0.4, 0.5) is 11.4 Å². The third-order valence-electron chi connectivity index (χ3n) is 3.48. The minimum atomic E-state index is -0.759. The van der Waals surface area contributed by atoms with Gasteiger partial charge in [-0.1, -0.05) is 6.07 Å². The first-order chi connectivity index (χ1) is 12.9. The molecule has 0 saturated heterocycles. The van der Waals surface area contributed by atoms with Crippen molar-refractivity contribution in [2.45, 2.75) is 6.92 Å². The highest BCUT2D eigenvalue weighted by Crippen LogP contribution is 2.24. The van der Waals surface area contributed by atoms with Gasteiger partial charge >= 0.3 is 5.97 Å². The second-order valence-corrected chi connectivity index (χ2v) is 5.34. The predicted molar refractivity (Wildman–Crippen MR) is 94.1 cm³/mol. The van der Waals surface area contributed by atoms with Crippen molar-refractivity contribution in [2.75, 3.05) is 18.5 Å². The van der Waals surface area contributed by atoms with E-state index in [0.29, 0.717) is 16.9 Å². The number of hydrogen-bond donors (Lipinski definition) is 1. The van der Waals surface area contributed by atoms with Crippen molar-refractivity contribution in [1.29, 1.82) is 5.26 Å². The van der Waals surface area contributed by atoms with Crippen LogP contribution in [0.3, 0.4) is 0 Å². The number of benzene rings is 2. The molecule has 1 N–H and O–H groups in total. The van der Waals surface area contributed by atoms with Crippen molar-refractivity contribution in [1.82, 2.24) is 0 Å². The van der Waals surface area contributed by atoms with Gasteiger partial charge < -0.3 is 14.8 Å². The number of esters is 1. The van der Waals surface area contributed by atoms with Gasteiger partial charge in [-0.15, -0.1) is 0 Å². The molecule has 1 amide bonds. The first-order valence-corrected chi connectivity index (χ1v) is 7.73. The van der Waals surface area contributed by atoms with Crippen molar-refractivity contribution in [2.24, 2.45) is 0 Å². The Morgan fingerprint density at radius 2 is 1.89 bits per heavy atom. The van der Waals surface area contributed by atoms with E-state index >= 15 is 0 Å². The highest BCUT2D eigenvalue weighted by atomic mass is 16.6. The monoisotopic (exact) mass is 369 g/mol. The molecule has 0 aliphatic heterocycles. The van der Waals surface area contributed by atoms with Crippen molar-refractivity contribution in [3.05, 3.63) is 63.7 Å². The number of nitrogens with one attached hydrogen (secondary N) is 1. The van der Waals surface area contributed by atoms with Crippen LogP contribution in [-0.4, -0.2) is 30.0 Å². The van der Waals surface area contributed by atoms with Gasteiger partial charge in [0.05, 0.1) is 27.8 Å². The molecule has 0 spiro atoms. The van der Waals surface area contributed by atoms with Gasteiger partial charge in [-0.05, 0) is 37.3 Å². The van der Waals surface area contributed by atoms with Crippen molar-refractivity contribution in [3.8, 4) is 11.8 Å². The molecule has 0 heterocycles. The van der Waals surface area contributed by atoms with Crippen LogP contribution in [0, 0.1) is 28.4 Å². The van der Waals surface area contributed by atoms with E-state index in [4.69, 9.17) is 14.7 Å². The SMILES string of the molecule is Cc1c(NC(=O)COC(=O)COc2ccc(C#N)cc2)cccc1[N+](=O)[O-]. The van der Waals surface area contributed by atoms with Crippen LogP contribution in [0.15, 0.2) is 42.5 Å². The summed E-state index contributed by atoms with van der Waals surface area (Å²) in [5, 5.41) is 22.0. The molecule has 0 bridgehead atoms. The Hall–Kier alpha value is -3.93. The van der Waals surface area contributed by atoms with E-state index in [2.05, 4.69) is 5.32 Å². The number of hydrogen-bond acceptors (Lipinski definition) is 7. The number of amides is 1. The minimum absolute atomic E-state index is 0.124. The molecule has 2 rings (SSSR count). The van der Waals surface area contributed by atoms with Crippen LogP contribution in [-0.2, 0) is 14.3 Å². The molecule has 9 heteroatoms. The van der Waals surface area contributed by atoms with Gasteiger partial charge in [-0.3, -0.25) is 14.9 Å². The third kappa shape index (κ3) is 5.54. The fourth-order valence-corrected chi connectivity index (χ4v) is 2.10. The van der Waals surface area contributed by atoms with Gasteiger partial charge in [-0.25, -0.2) is 4.79 Å². The smallest absolute Gasteiger partial charge is 0.344 e. The lowest BCUT2D eigenvalue weighted by Gasteiger charge is -2.09. The number of ether oxygens (including phenoxy) is 2. The number of anilines is 1. The highest BCUT2D eigenvalue weighted by molar-refractivity contribution is 5.94. The summed E-state index contributed by atoms with van der Waals surface area (Å²) in [5.41, 5.74) is 0.893. The lowest BCUT2D eigenvalue weighted by atomic mass is 10.1. The molecule has 0 radical (unpaired) electrons. The fourth-order valence-electron chi connectivity index (χ4n) is 2.10. The molecule has 0 aliphatic carbocycles. The van der Waals surface area contributed by atoms with E-state index in [1.807, 2.05) is 6.07 Å². The van der Waals surface area contributed by atoms with E-state index < -0.39 is 30.0 Å². The zero-order valence-corrected chi connectivity index (χ0v) is 14.3. The van der Waals surface area contributed by atoms with Crippen molar-refractivity contribution >= 4 is 23.3 Å². The zero-order valence-electron chi connectivity index (χ0n) is 14.3. The minimum Gasteiger partial charge on any atom is -0.482 e. The van der Waals surface area contributed by atoms with Gasteiger partial charge in [0.25, 0.3) is 11.6 Å². The maximum atomic E-state index is 11.9. The number of carbonyl (C=O) groups is 2. The average Bonchev–Trinajstić information content (AvgIpc) is 2.66. The summed E-state index contributed by atoms with van der Waals surface area (Å²) in [7, 11) is 0. The Labute approximate surface area is 154 Å². The number of nitro benzene ring substituents is 1. The van der Waals surface area contributed by atoms with Gasteiger partial charge in [0.2, 0.25) is 0 Å². The summed E-state index contributed by atoms with van der Waals surface area (Å²) in [4.78, 5) is 33.8. The van der Waals surface area contributed by atoms with Crippen LogP contribution in [0.25, 0.3) is 0 Å². The molecule has 0 aliphatic rings. The summed E-state index contributed by atoms with van der Waals surface area (Å²) in [6, 6.07) is 12.4. The fraction of sp³-hybridized carbons (Fsp3) is 0.167. The normalized spacial score (nSPS) is 9.78. The maximum absolute atomic E-state index is 11.9. The molecule has 2 aromatic carbocycles. The van der Waals surface area contributed by atoms with Gasteiger partial charge in [0.15, 0.2) is 13.2 Å². The Kier molecular flexibility index (Phi) is 6.44. The Morgan fingerprint density at radius 3 is 2.52 bits per heavy atom. The molecule has 27 heavy (non-hydrogen) atoms. The zero-order chi connectivity index (χ0) is 19.8. The summed E-state index contributed by atoms with van der Waals surface area (Å²) in [6.07, 6.45) is 0. The van der Waals surface area contributed by atoms with Gasteiger partial charge in [0, 0.05) is 6.07 Å². The molecule has 2 aromatic rings. The highest BCUT2D eigenvalue weighted by Gasteiger charge is 2.15. The predicted octanol–water partition coefficient (Wildman–Crippen LogP) is 2.34. The van der Waals surface area contributed by atoms with Crippen molar-refractivity contribution < 1.29 is 24.0 Å². The van der Waals surface area contributed by atoms with Crippen LogP contribution >= 0.6 is 0 Å². The summed E-state index contributed by atoms with van der Waals surface area (Å²) in [6.45, 7) is 0.540. The molecule has 9 nitrogen and oxygen atoms in total. The molecule has 0 fully saturated rings. The van der Waals surface area contributed by atoms with E-state index in [1.54, 1.807) is 0 Å². The van der Waals surface area contributed by atoms with Gasteiger partial charge in [-0.2, -0.15) is 5.26 Å². The van der Waals surface area contributed by atoms with E-state index in [1.165, 1.54) is 49.4 Å². The molecule has 0 unspecified atom stereocenters. The number of nitriles is 1. The second-order valence-electron chi connectivity index (χ2n) is 5.34. The number of rotatable bonds is 7. The summed E-state index contributed by atoms with van der Waals surface area (Å²) in [5.74, 6) is -1.02. The Bertz CT molecular complexity index is 902. The molecular weight excluding hydrogens is 354 g/mol. The lowest BCUT2D eigenvalue weighted by Crippen LogP contribution is -2.24. The molecule has 138 valence electrons. The first-order valence-electron chi connectivity index (χ1n) is 7.73. The standard InChI is InChI=1S/C18H15N3O6/c1-12-15(3-2-4-16(12)21(24)25)20-17(22)10-27-18(23)11-26-14-7-5-13(9-19)6-8-14/h2-8H,10-11H2,1H3,(H,20,22). The van der Waals surface area contributed by atoms with E-state index in [9.17, 15) is 19.7 Å². The number of carbonyl (C=O) groups excluding carboxylic acids is 2. The Morgan fingerprint density at radius 1 is 1.19 bits per heavy atom. The van der Waals surface area contributed by atoms with Gasteiger partial charge in [0.1, 0.15) is 5.75 Å². The summed E-state index contributed by atoms with van der Waals surface area (Å²) >= 11 is 0. The van der Waals surface area contributed by atoms with E-state index in [-0.39, 0.29) is 11.4 Å². The number of nitro groups is 1. The lowest BCUT2D eigenvalue weighted by molar-refractivity contribution is -0.385. The maximum Gasteiger partial charge on any atom is 0.344 e. The topological polar surface area (TPSA) is 132 Å². The van der Waals surface area contributed by atoms with Crippen LogP contribution < -0.4 is 10.1 Å².